The average Bonchev–Trinajstić information content (AvgIpc) is 2.18. The SMILES string of the molecule is CCCCCC(C)NCCCCNC. The zero-order chi connectivity index (χ0) is 10.6. The van der Waals surface area contributed by atoms with Crippen LogP contribution >= 0.6 is 0 Å². The molecule has 0 saturated heterocycles. The van der Waals surface area contributed by atoms with Gasteiger partial charge >= 0.3 is 0 Å². The third kappa shape index (κ3) is 10.0. The predicted molar refractivity (Wildman–Crippen MR) is 64.8 cm³/mol. The zero-order valence-corrected chi connectivity index (χ0v) is 10.2. The van der Waals surface area contributed by atoms with Crippen molar-refractivity contribution in [3.05, 3.63) is 0 Å². The predicted octanol–water partition coefficient (Wildman–Crippen LogP) is 2.54. The van der Waals surface area contributed by atoms with Crippen molar-refractivity contribution in [1.82, 2.24) is 10.6 Å². The van der Waals surface area contributed by atoms with Gasteiger partial charge in [0.1, 0.15) is 0 Å². The van der Waals surface area contributed by atoms with Gasteiger partial charge in [-0.1, -0.05) is 26.2 Å². The number of rotatable bonds is 10. The van der Waals surface area contributed by atoms with E-state index in [1.165, 1.54) is 45.1 Å². The highest BCUT2D eigenvalue weighted by molar-refractivity contribution is 4.60. The van der Waals surface area contributed by atoms with E-state index in [4.69, 9.17) is 0 Å². The molecule has 2 N–H and O–H groups in total. The summed E-state index contributed by atoms with van der Waals surface area (Å²) in [5.41, 5.74) is 0. The van der Waals surface area contributed by atoms with Gasteiger partial charge in [0, 0.05) is 6.04 Å². The van der Waals surface area contributed by atoms with Crippen LogP contribution in [-0.2, 0) is 0 Å². The van der Waals surface area contributed by atoms with Gasteiger partial charge in [-0.3, -0.25) is 0 Å². The Morgan fingerprint density at radius 2 is 1.71 bits per heavy atom. The highest BCUT2D eigenvalue weighted by Crippen LogP contribution is 2.02. The second-order valence-corrected chi connectivity index (χ2v) is 4.16. The Morgan fingerprint density at radius 1 is 1.00 bits per heavy atom. The highest BCUT2D eigenvalue weighted by Gasteiger charge is 1.99. The van der Waals surface area contributed by atoms with Crippen molar-refractivity contribution in [3.8, 4) is 0 Å². The van der Waals surface area contributed by atoms with Crippen molar-refractivity contribution in [2.45, 2.75) is 58.4 Å². The fourth-order valence-electron chi connectivity index (χ4n) is 1.58. The van der Waals surface area contributed by atoms with E-state index in [9.17, 15) is 0 Å². The molecule has 14 heavy (non-hydrogen) atoms. The first kappa shape index (κ1) is 13.9. The minimum atomic E-state index is 0.705. The fraction of sp³-hybridized carbons (Fsp3) is 1.00. The van der Waals surface area contributed by atoms with Gasteiger partial charge in [0.15, 0.2) is 0 Å². The van der Waals surface area contributed by atoms with Crippen LogP contribution in [0.3, 0.4) is 0 Å². The van der Waals surface area contributed by atoms with E-state index < -0.39 is 0 Å². The molecule has 0 radical (unpaired) electrons. The van der Waals surface area contributed by atoms with Crippen molar-refractivity contribution in [3.63, 3.8) is 0 Å². The maximum absolute atomic E-state index is 3.57. The molecule has 86 valence electrons. The molecule has 0 rings (SSSR count). The van der Waals surface area contributed by atoms with Crippen LogP contribution in [0.4, 0.5) is 0 Å². The topological polar surface area (TPSA) is 24.1 Å². The van der Waals surface area contributed by atoms with E-state index in [1.54, 1.807) is 0 Å². The molecule has 0 aromatic heterocycles. The second-order valence-electron chi connectivity index (χ2n) is 4.16. The van der Waals surface area contributed by atoms with E-state index in [2.05, 4.69) is 24.5 Å². The highest BCUT2D eigenvalue weighted by atomic mass is 14.9. The van der Waals surface area contributed by atoms with Gasteiger partial charge in [-0.25, -0.2) is 0 Å². The molecular weight excluding hydrogens is 172 g/mol. The Labute approximate surface area is 89.9 Å². The summed E-state index contributed by atoms with van der Waals surface area (Å²) in [6.07, 6.45) is 7.99. The van der Waals surface area contributed by atoms with Crippen LogP contribution in [-0.4, -0.2) is 26.2 Å². The maximum atomic E-state index is 3.57. The van der Waals surface area contributed by atoms with Crippen LogP contribution in [0.2, 0.25) is 0 Å². The molecule has 0 amide bonds. The van der Waals surface area contributed by atoms with Crippen LogP contribution in [0.15, 0.2) is 0 Å². The third-order valence-corrected chi connectivity index (χ3v) is 2.59. The summed E-state index contributed by atoms with van der Waals surface area (Å²) in [4.78, 5) is 0. The first-order chi connectivity index (χ1) is 6.81. The molecule has 0 bridgehead atoms. The van der Waals surface area contributed by atoms with E-state index in [0.29, 0.717) is 6.04 Å². The van der Waals surface area contributed by atoms with Gasteiger partial charge in [-0.2, -0.15) is 0 Å². The van der Waals surface area contributed by atoms with Crippen molar-refractivity contribution < 1.29 is 0 Å². The van der Waals surface area contributed by atoms with Crippen molar-refractivity contribution in [2.24, 2.45) is 0 Å². The molecule has 0 fully saturated rings. The normalized spacial score (nSPS) is 13.1. The summed E-state index contributed by atoms with van der Waals surface area (Å²) < 4.78 is 0. The monoisotopic (exact) mass is 200 g/mol. The van der Waals surface area contributed by atoms with Crippen LogP contribution in [0.25, 0.3) is 0 Å². The lowest BCUT2D eigenvalue weighted by Crippen LogP contribution is -2.27. The number of nitrogens with one attached hydrogen (secondary N) is 2. The Hall–Kier alpha value is -0.0800. The molecule has 1 atom stereocenters. The van der Waals surface area contributed by atoms with Crippen LogP contribution < -0.4 is 10.6 Å². The number of unbranched alkanes of at least 4 members (excludes halogenated alkanes) is 3. The van der Waals surface area contributed by atoms with Gasteiger partial charge < -0.3 is 10.6 Å². The lowest BCUT2D eigenvalue weighted by atomic mass is 10.1. The largest absolute Gasteiger partial charge is 0.320 e. The van der Waals surface area contributed by atoms with Crippen LogP contribution in [0.1, 0.15) is 52.4 Å². The maximum Gasteiger partial charge on any atom is 0.00387 e. The van der Waals surface area contributed by atoms with Gasteiger partial charge in [0.2, 0.25) is 0 Å². The molecule has 1 unspecified atom stereocenters. The molecule has 0 saturated carbocycles. The van der Waals surface area contributed by atoms with Crippen molar-refractivity contribution in [2.75, 3.05) is 20.1 Å². The molecule has 0 spiro atoms. The molecule has 0 aliphatic rings. The lowest BCUT2D eigenvalue weighted by molar-refractivity contribution is 0.476. The second kappa shape index (κ2) is 11.0. The Morgan fingerprint density at radius 3 is 2.36 bits per heavy atom. The molecular formula is C12H28N2. The van der Waals surface area contributed by atoms with E-state index in [1.807, 2.05) is 7.05 Å². The minimum absolute atomic E-state index is 0.705. The molecule has 0 aliphatic heterocycles. The fourth-order valence-corrected chi connectivity index (χ4v) is 1.58. The summed E-state index contributed by atoms with van der Waals surface area (Å²) in [5.74, 6) is 0. The van der Waals surface area contributed by atoms with E-state index in [-0.39, 0.29) is 0 Å². The quantitative estimate of drug-likeness (QED) is 0.530. The average molecular weight is 200 g/mol. The van der Waals surface area contributed by atoms with E-state index in [0.717, 1.165) is 6.54 Å². The minimum Gasteiger partial charge on any atom is -0.320 e. The Balaban J connectivity index is 3.06. The van der Waals surface area contributed by atoms with Gasteiger partial charge in [-0.05, 0) is 46.3 Å². The number of hydrogen-bond donors (Lipinski definition) is 2. The smallest absolute Gasteiger partial charge is 0.00387 e. The molecule has 0 aromatic rings. The molecule has 0 heterocycles. The van der Waals surface area contributed by atoms with Gasteiger partial charge in [0.25, 0.3) is 0 Å². The lowest BCUT2D eigenvalue weighted by Gasteiger charge is -2.13. The van der Waals surface area contributed by atoms with Gasteiger partial charge in [0.05, 0.1) is 0 Å². The van der Waals surface area contributed by atoms with Crippen LogP contribution in [0.5, 0.6) is 0 Å². The first-order valence-electron chi connectivity index (χ1n) is 6.19. The summed E-state index contributed by atoms with van der Waals surface area (Å²) in [6.45, 7) is 6.88. The van der Waals surface area contributed by atoms with Crippen molar-refractivity contribution >= 4 is 0 Å². The van der Waals surface area contributed by atoms with Crippen molar-refractivity contribution in [1.29, 1.82) is 0 Å². The zero-order valence-electron chi connectivity index (χ0n) is 10.2. The summed E-state index contributed by atoms with van der Waals surface area (Å²) in [7, 11) is 2.01. The molecule has 0 aliphatic carbocycles. The van der Waals surface area contributed by atoms with Crippen LogP contribution in [0, 0.1) is 0 Å². The molecule has 2 nitrogen and oxygen atoms in total. The summed E-state index contributed by atoms with van der Waals surface area (Å²) in [5, 5.41) is 6.74. The molecule has 2 heteroatoms. The number of hydrogen-bond acceptors (Lipinski definition) is 2. The third-order valence-electron chi connectivity index (χ3n) is 2.59. The Bertz CT molecular complexity index is 104. The Kier molecular flexibility index (Phi) is 10.9. The van der Waals surface area contributed by atoms with E-state index >= 15 is 0 Å². The summed E-state index contributed by atoms with van der Waals surface area (Å²) >= 11 is 0. The molecule has 0 aromatic carbocycles. The summed E-state index contributed by atoms with van der Waals surface area (Å²) in [6, 6.07) is 0.705. The van der Waals surface area contributed by atoms with Gasteiger partial charge in [-0.15, -0.1) is 0 Å². The first-order valence-corrected chi connectivity index (χ1v) is 6.19. The standard InChI is InChI=1S/C12H28N2/c1-4-5-6-9-12(2)14-11-8-7-10-13-3/h12-14H,4-11H2,1-3H3.